The number of benzene rings is 1. The average molecular weight is 326 g/mol. The molecule has 24 heavy (non-hydrogen) atoms. The molecule has 3 rings (SSSR count). The maximum absolute atomic E-state index is 12.5. The fourth-order valence-electron chi connectivity index (χ4n) is 3.27. The van der Waals surface area contributed by atoms with Gasteiger partial charge in [0.05, 0.1) is 12.4 Å². The second-order valence-corrected chi connectivity index (χ2v) is 6.52. The van der Waals surface area contributed by atoms with Crippen molar-refractivity contribution in [2.24, 2.45) is 0 Å². The van der Waals surface area contributed by atoms with Crippen molar-refractivity contribution in [1.29, 1.82) is 0 Å². The molecule has 0 radical (unpaired) electrons. The van der Waals surface area contributed by atoms with Gasteiger partial charge in [0, 0.05) is 44.8 Å². The molecule has 1 fully saturated rings. The summed E-state index contributed by atoms with van der Waals surface area (Å²) in [5.41, 5.74) is 2.35. The van der Waals surface area contributed by atoms with Gasteiger partial charge < -0.3 is 9.47 Å². The second kappa shape index (κ2) is 7.62. The van der Waals surface area contributed by atoms with Crippen molar-refractivity contribution in [3.63, 3.8) is 0 Å². The van der Waals surface area contributed by atoms with Gasteiger partial charge in [0.1, 0.15) is 0 Å². The number of imidazole rings is 1. The SMILES string of the molecule is CCCC[C@H]1C(=O)N(C)CCN1Cc1ccc(-n2ccnc2)cc1. The van der Waals surface area contributed by atoms with Crippen molar-refractivity contribution >= 4 is 5.91 Å². The fourth-order valence-corrected chi connectivity index (χ4v) is 3.27. The minimum atomic E-state index is 0.0250. The van der Waals surface area contributed by atoms with Crippen LogP contribution >= 0.6 is 0 Å². The van der Waals surface area contributed by atoms with Crippen LogP contribution in [0.2, 0.25) is 0 Å². The minimum Gasteiger partial charge on any atom is -0.343 e. The van der Waals surface area contributed by atoms with Crippen LogP contribution in [0, 0.1) is 0 Å². The summed E-state index contributed by atoms with van der Waals surface area (Å²) in [6.07, 6.45) is 8.69. The first kappa shape index (κ1) is 16.7. The molecule has 1 atom stereocenters. The third-order valence-electron chi connectivity index (χ3n) is 4.78. The number of aromatic nitrogens is 2. The van der Waals surface area contributed by atoms with E-state index in [-0.39, 0.29) is 11.9 Å². The summed E-state index contributed by atoms with van der Waals surface area (Å²) in [7, 11) is 1.92. The van der Waals surface area contributed by atoms with Gasteiger partial charge in [-0.3, -0.25) is 9.69 Å². The molecule has 0 aliphatic carbocycles. The standard InChI is InChI=1S/C19H26N4O/c1-3-4-5-18-19(24)21(2)12-13-22(18)14-16-6-8-17(9-7-16)23-11-10-20-15-23/h6-11,15,18H,3-5,12-14H2,1-2H3/t18-/m0/s1. The van der Waals surface area contributed by atoms with Crippen LogP contribution < -0.4 is 0 Å². The summed E-state index contributed by atoms with van der Waals surface area (Å²) in [5.74, 6) is 0.268. The first-order valence-corrected chi connectivity index (χ1v) is 8.75. The minimum absolute atomic E-state index is 0.0250. The number of rotatable bonds is 6. The Bertz CT molecular complexity index is 651. The Kier molecular flexibility index (Phi) is 5.30. The van der Waals surface area contributed by atoms with E-state index in [2.05, 4.69) is 41.1 Å². The molecule has 128 valence electrons. The molecule has 1 aliphatic rings. The summed E-state index contributed by atoms with van der Waals surface area (Å²) in [6, 6.07) is 8.53. The van der Waals surface area contributed by atoms with E-state index in [0.29, 0.717) is 0 Å². The maximum Gasteiger partial charge on any atom is 0.239 e. The Morgan fingerprint density at radius 2 is 2.00 bits per heavy atom. The molecule has 1 aliphatic heterocycles. The van der Waals surface area contributed by atoms with E-state index in [4.69, 9.17) is 0 Å². The van der Waals surface area contributed by atoms with Crippen LogP contribution in [-0.2, 0) is 11.3 Å². The largest absolute Gasteiger partial charge is 0.343 e. The molecule has 0 saturated carbocycles. The molecule has 2 aromatic rings. The van der Waals surface area contributed by atoms with Gasteiger partial charge in [0.15, 0.2) is 0 Å². The number of hydrogen-bond donors (Lipinski definition) is 0. The zero-order valence-corrected chi connectivity index (χ0v) is 14.6. The lowest BCUT2D eigenvalue weighted by Crippen LogP contribution is -2.55. The summed E-state index contributed by atoms with van der Waals surface area (Å²) < 4.78 is 1.99. The smallest absolute Gasteiger partial charge is 0.239 e. The lowest BCUT2D eigenvalue weighted by atomic mass is 10.0. The first-order chi connectivity index (χ1) is 11.7. The lowest BCUT2D eigenvalue weighted by Gasteiger charge is -2.39. The number of carbonyl (C=O) groups is 1. The van der Waals surface area contributed by atoms with Crippen molar-refractivity contribution < 1.29 is 4.79 Å². The van der Waals surface area contributed by atoms with E-state index in [1.54, 1.807) is 12.5 Å². The zero-order chi connectivity index (χ0) is 16.9. The van der Waals surface area contributed by atoms with Gasteiger partial charge in [-0.2, -0.15) is 0 Å². The van der Waals surface area contributed by atoms with Crippen molar-refractivity contribution in [2.75, 3.05) is 20.1 Å². The van der Waals surface area contributed by atoms with Gasteiger partial charge in [-0.1, -0.05) is 31.9 Å². The van der Waals surface area contributed by atoms with Crippen LogP contribution in [0.4, 0.5) is 0 Å². The second-order valence-electron chi connectivity index (χ2n) is 6.52. The third-order valence-corrected chi connectivity index (χ3v) is 4.78. The van der Waals surface area contributed by atoms with Gasteiger partial charge in [-0.15, -0.1) is 0 Å². The average Bonchev–Trinajstić information content (AvgIpc) is 3.13. The highest BCUT2D eigenvalue weighted by Gasteiger charge is 2.32. The van der Waals surface area contributed by atoms with Gasteiger partial charge in [0.25, 0.3) is 0 Å². The Balaban J connectivity index is 1.70. The van der Waals surface area contributed by atoms with Crippen LogP contribution in [0.5, 0.6) is 0 Å². The van der Waals surface area contributed by atoms with Crippen molar-refractivity contribution in [3.8, 4) is 5.69 Å². The monoisotopic (exact) mass is 326 g/mol. The molecular formula is C19H26N4O. The number of likely N-dealkylation sites (N-methyl/N-ethyl adjacent to an activating group) is 1. The Labute approximate surface area is 143 Å². The highest BCUT2D eigenvalue weighted by Crippen LogP contribution is 2.19. The van der Waals surface area contributed by atoms with E-state index in [1.807, 2.05) is 22.7 Å². The van der Waals surface area contributed by atoms with Gasteiger partial charge >= 0.3 is 0 Å². The van der Waals surface area contributed by atoms with Crippen LogP contribution in [-0.4, -0.2) is 51.4 Å². The first-order valence-electron chi connectivity index (χ1n) is 8.75. The molecule has 0 unspecified atom stereocenters. The number of unbranched alkanes of at least 4 members (excludes halogenated alkanes) is 1. The zero-order valence-electron chi connectivity index (χ0n) is 14.6. The molecule has 1 aromatic carbocycles. The summed E-state index contributed by atoms with van der Waals surface area (Å²) in [4.78, 5) is 20.8. The molecular weight excluding hydrogens is 300 g/mol. The van der Waals surface area contributed by atoms with Crippen LogP contribution in [0.25, 0.3) is 5.69 Å². The van der Waals surface area contributed by atoms with Gasteiger partial charge in [0.2, 0.25) is 5.91 Å². The number of piperazine rings is 1. The molecule has 2 heterocycles. The lowest BCUT2D eigenvalue weighted by molar-refractivity contribution is -0.140. The van der Waals surface area contributed by atoms with Crippen molar-refractivity contribution in [1.82, 2.24) is 19.4 Å². The fraction of sp³-hybridized carbons (Fsp3) is 0.474. The molecule has 1 aromatic heterocycles. The van der Waals surface area contributed by atoms with Gasteiger partial charge in [-0.05, 0) is 24.1 Å². The van der Waals surface area contributed by atoms with Gasteiger partial charge in [-0.25, -0.2) is 4.98 Å². The third kappa shape index (κ3) is 3.67. The molecule has 0 N–H and O–H groups in total. The summed E-state index contributed by atoms with van der Waals surface area (Å²) in [5, 5.41) is 0. The highest BCUT2D eigenvalue weighted by molar-refractivity contribution is 5.82. The van der Waals surface area contributed by atoms with E-state index < -0.39 is 0 Å². The van der Waals surface area contributed by atoms with Crippen LogP contribution in [0.3, 0.4) is 0 Å². The molecule has 1 amide bonds. The van der Waals surface area contributed by atoms with Crippen LogP contribution in [0.15, 0.2) is 43.0 Å². The predicted molar refractivity (Wildman–Crippen MR) is 94.9 cm³/mol. The molecule has 5 heteroatoms. The van der Waals surface area contributed by atoms with Crippen molar-refractivity contribution in [3.05, 3.63) is 48.5 Å². The number of nitrogens with zero attached hydrogens (tertiary/aromatic N) is 4. The molecule has 5 nitrogen and oxygen atoms in total. The quantitative estimate of drug-likeness (QED) is 0.819. The summed E-state index contributed by atoms with van der Waals surface area (Å²) >= 11 is 0. The Hall–Kier alpha value is -2.14. The normalized spacial score (nSPS) is 19.0. The van der Waals surface area contributed by atoms with Crippen LogP contribution in [0.1, 0.15) is 31.7 Å². The Morgan fingerprint density at radius 3 is 2.67 bits per heavy atom. The van der Waals surface area contributed by atoms with E-state index in [9.17, 15) is 4.79 Å². The van der Waals surface area contributed by atoms with E-state index >= 15 is 0 Å². The number of carbonyl (C=O) groups excluding carboxylic acids is 1. The maximum atomic E-state index is 12.5. The van der Waals surface area contributed by atoms with E-state index in [1.165, 1.54) is 5.56 Å². The highest BCUT2D eigenvalue weighted by atomic mass is 16.2. The topological polar surface area (TPSA) is 41.4 Å². The Morgan fingerprint density at radius 1 is 1.21 bits per heavy atom. The van der Waals surface area contributed by atoms with E-state index in [0.717, 1.165) is 44.6 Å². The number of hydrogen-bond acceptors (Lipinski definition) is 3. The molecule has 1 saturated heterocycles. The van der Waals surface area contributed by atoms with Crippen molar-refractivity contribution in [2.45, 2.75) is 38.8 Å². The summed E-state index contributed by atoms with van der Waals surface area (Å²) in [6.45, 7) is 4.77. The predicted octanol–water partition coefficient (Wildman–Crippen LogP) is 2.71. The molecule has 0 bridgehead atoms. The number of amides is 1. The molecule has 0 spiro atoms.